The first-order valence-corrected chi connectivity index (χ1v) is 10.00. The van der Waals surface area contributed by atoms with Gasteiger partial charge in [0, 0.05) is 11.9 Å². The number of amides is 1. The Labute approximate surface area is 178 Å². The monoisotopic (exact) mass is 409 g/mol. The minimum atomic E-state index is -0.713. The molecular formula is C26H19NO4. The Morgan fingerprint density at radius 2 is 1.55 bits per heavy atom. The number of carbonyl (C=O) groups excluding carboxylic acids is 2. The molecule has 0 aliphatic carbocycles. The van der Waals surface area contributed by atoms with Gasteiger partial charge in [0.2, 0.25) is 5.78 Å². The molecule has 5 nitrogen and oxygen atoms in total. The number of furan rings is 1. The van der Waals surface area contributed by atoms with Gasteiger partial charge >= 0.3 is 0 Å². The van der Waals surface area contributed by atoms with E-state index < -0.39 is 23.5 Å². The normalized spacial score (nSPS) is 16.3. The Morgan fingerprint density at radius 1 is 0.903 bits per heavy atom. The van der Waals surface area contributed by atoms with Crippen molar-refractivity contribution in [2.24, 2.45) is 0 Å². The van der Waals surface area contributed by atoms with Gasteiger partial charge in [-0.3, -0.25) is 9.59 Å². The quantitative estimate of drug-likeness (QED) is 0.459. The third-order valence-electron chi connectivity index (χ3n) is 5.51. The number of rotatable bonds is 5. The molecule has 1 atom stereocenters. The van der Waals surface area contributed by atoms with Gasteiger partial charge in [-0.05, 0) is 23.3 Å². The van der Waals surface area contributed by atoms with Crippen molar-refractivity contribution in [1.29, 1.82) is 0 Å². The van der Waals surface area contributed by atoms with Gasteiger partial charge in [-0.15, -0.1) is 0 Å². The van der Waals surface area contributed by atoms with Crippen LogP contribution >= 0.6 is 0 Å². The van der Waals surface area contributed by atoms with E-state index in [1.807, 2.05) is 78.9 Å². The molecule has 1 aromatic heterocycles. The topological polar surface area (TPSA) is 70.8 Å². The van der Waals surface area contributed by atoms with Gasteiger partial charge in [-0.1, -0.05) is 78.9 Å². The molecule has 2 heterocycles. The summed E-state index contributed by atoms with van der Waals surface area (Å²) in [7, 11) is 0. The average molecular weight is 409 g/mol. The van der Waals surface area contributed by atoms with Gasteiger partial charge in [-0.25, -0.2) is 0 Å². The summed E-state index contributed by atoms with van der Waals surface area (Å²) in [5, 5.41) is 11.6. The van der Waals surface area contributed by atoms with E-state index in [1.54, 1.807) is 12.1 Å². The number of nitrogens with zero attached hydrogens (tertiary/aromatic N) is 1. The first-order valence-electron chi connectivity index (χ1n) is 10.00. The minimum absolute atomic E-state index is 0.0335. The van der Waals surface area contributed by atoms with Crippen molar-refractivity contribution in [2.45, 2.75) is 12.6 Å². The Morgan fingerprint density at radius 3 is 2.26 bits per heavy atom. The van der Waals surface area contributed by atoms with Crippen molar-refractivity contribution in [2.75, 3.05) is 0 Å². The average Bonchev–Trinajstić information content (AvgIpc) is 3.35. The molecular weight excluding hydrogens is 390 g/mol. The van der Waals surface area contributed by atoms with Crippen LogP contribution in [0.5, 0.6) is 0 Å². The molecule has 0 saturated carbocycles. The summed E-state index contributed by atoms with van der Waals surface area (Å²) in [4.78, 5) is 28.0. The lowest BCUT2D eigenvalue weighted by Gasteiger charge is -2.26. The Balaban J connectivity index is 1.59. The van der Waals surface area contributed by atoms with E-state index in [0.717, 1.165) is 16.5 Å². The lowest BCUT2D eigenvalue weighted by atomic mass is 9.95. The van der Waals surface area contributed by atoms with Gasteiger partial charge in [0.1, 0.15) is 5.58 Å². The van der Waals surface area contributed by atoms with Gasteiger partial charge < -0.3 is 14.4 Å². The van der Waals surface area contributed by atoms with Crippen LogP contribution in [0.2, 0.25) is 0 Å². The van der Waals surface area contributed by atoms with Gasteiger partial charge in [0.25, 0.3) is 5.91 Å². The summed E-state index contributed by atoms with van der Waals surface area (Å²) in [6.07, 6.45) is 0. The van der Waals surface area contributed by atoms with Crippen LogP contribution < -0.4 is 0 Å². The van der Waals surface area contributed by atoms with Gasteiger partial charge in [0.15, 0.2) is 11.5 Å². The van der Waals surface area contributed by atoms with Crippen LogP contribution in [0.1, 0.15) is 27.7 Å². The highest BCUT2D eigenvalue weighted by atomic mass is 16.3. The zero-order valence-corrected chi connectivity index (χ0v) is 16.6. The molecule has 1 aliphatic rings. The van der Waals surface area contributed by atoms with Crippen LogP contribution in [0.3, 0.4) is 0 Å². The third kappa shape index (κ3) is 3.30. The largest absolute Gasteiger partial charge is 0.503 e. The second-order valence-corrected chi connectivity index (χ2v) is 7.47. The first-order chi connectivity index (χ1) is 15.1. The van der Waals surface area contributed by atoms with Crippen molar-refractivity contribution < 1.29 is 19.1 Å². The fourth-order valence-electron chi connectivity index (χ4n) is 4.04. The zero-order valence-electron chi connectivity index (χ0n) is 16.6. The third-order valence-corrected chi connectivity index (χ3v) is 5.51. The molecule has 0 saturated heterocycles. The second kappa shape index (κ2) is 7.61. The maximum atomic E-state index is 13.5. The molecule has 1 N–H and O–H groups in total. The fourth-order valence-corrected chi connectivity index (χ4v) is 4.04. The second-order valence-electron chi connectivity index (χ2n) is 7.47. The highest BCUT2D eigenvalue weighted by molar-refractivity contribution is 6.16. The van der Waals surface area contributed by atoms with Crippen LogP contribution in [0.15, 0.2) is 107 Å². The summed E-state index contributed by atoms with van der Waals surface area (Å²) in [6.45, 7) is 0.264. The molecule has 3 aromatic carbocycles. The molecule has 1 amide bonds. The number of benzene rings is 3. The summed E-state index contributed by atoms with van der Waals surface area (Å²) in [5.74, 6) is -1.50. The van der Waals surface area contributed by atoms with E-state index in [2.05, 4.69) is 0 Å². The number of para-hydroxylation sites is 1. The van der Waals surface area contributed by atoms with E-state index in [-0.39, 0.29) is 17.9 Å². The van der Waals surface area contributed by atoms with E-state index in [4.69, 9.17) is 4.42 Å². The predicted octanol–water partition coefficient (Wildman–Crippen LogP) is 5.21. The van der Waals surface area contributed by atoms with Crippen molar-refractivity contribution in [3.8, 4) is 0 Å². The maximum Gasteiger partial charge on any atom is 0.290 e. The Bertz CT molecular complexity index is 1270. The number of hydrogen-bond donors (Lipinski definition) is 1. The van der Waals surface area contributed by atoms with Crippen LogP contribution in [-0.2, 0) is 11.3 Å². The van der Waals surface area contributed by atoms with Crippen LogP contribution in [-0.4, -0.2) is 21.7 Å². The number of carbonyl (C=O) groups is 2. The van der Waals surface area contributed by atoms with Crippen molar-refractivity contribution in [1.82, 2.24) is 4.90 Å². The van der Waals surface area contributed by atoms with Gasteiger partial charge in [-0.2, -0.15) is 0 Å². The smallest absolute Gasteiger partial charge is 0.290 e. The summed E-state index contributed by atoms with van der Waals surface area (Å²) < 4.78 is 5.74. The van der Waals surface area contributed by atoms with Crippen molar-refractivity contribution in [3.05, 3.63) is 119 Å². The molecule has 5 heteroatoms. The zero-order chi connectivity index (χ0) is 21.4. The lowest BCUT2D eigenvalue weighted by molar-refractivity contribution is -0.130. The fraction of sp³-hybridized carbons (Fsp3) is 0.0769. The minimum Gasteiger partial charge on any atom is -0.503 e. The molecule has 0 spiro atoms. The van der Waals surface area contributed by atoms with Crippen LogP contribution in [0.25, 0.3) is 11.0 Å². The number of ketones is 1. The van der Waals surface area contributed by atoms with Crippen molar-refractivity contribution in [3.63, 3.8) is 0 Å². The lowest BCUT2D eigenvalue weighted by Crippen LogP contribution is -2.30. The predicted molar refractivity (Wildman–Crippen MR) is 116 cm³/mol. The number of Topliss-reactive ketones (excluding diaryl/α,β-unsaturated/α-hetero) is 1. The number of aliphatic hydroxyl groups excluding tert-OH is 1. The van der Waals surface area contributed by atoms with Gasteiger partial charge in [0.05, 0.1) is 11.6 Å². The SMILES string of the molecule is O=C(C1=C(O)C(=O)N(Cc2ccccc2)C1c1ccccc1)c1cc2ccccc2o1. The number of hydrogen-bond acceptors (Lipinski definition) is 4. The molecule has 4 aromatic rings. The Kier molecular flexibility index (Phi) is 4.64. The molecule has 152 valence electrons. The maximum absolute atomic E-state index is 13.5. The van der Waals surface area contributed by atoms with E-state index in [9.17, 15) is 14.7 Å². The molecule has 31 heavy (non-hydrogen) atoms. The number of fused-ring (bicyclic) bond motifs is 1. The standard InChI is InChI=1S/C26H19NO4/c28-24(21-15-19-13-7-8-14-20(19)31-21)22-23(18-11-5-2-6-12-18)27(26(30)25(22)29)16-17-9-3-1-4-10-17/h1-15,23,29H,16H2. The molecule has 1 aliphatic heterocycles. The number of aliphatic hydroxyl groups is 1. The summed E-state index contributed by atoms with van der Waals surface area (Å²) >= 11 is 0. The molecule has 0 fully saturated rings. The summed E-state index contributed by atoms with van der Waals surface area (Å²) in [6, 6.07) is 27.0. The molecule has 0 bridgehead atoms. The molecule has 1 unspecified atom stereocenters. The van der Waals surface area contributed by atoms with E-state index >= 15 is 0 Å². The Hall–Kier alpha value is -4.12. The molecule has 0 radical (unpaired) electrons. The van der Waals surface area contributed by atoms with Crippen molar-refractivity contribution >= 4 is 22.7 Å². The highest BCUT2D eigenvalue weighted by Crippen LogP contribution is 2.40. The van der Waals surface area contributed by atoms with E-state index in [1.165, 1.54) is 4.90 Å². The van der Waals surface area contributed by atoms with E-state index in [0.29, 0.717) is 5.58 Å². The molecule has 5 rings (SSSR count). The summed E-state index contributed by atoms with van der Waals surface area (Å²) in [5.41, 5.74) is 2.26. The van der Waals surface area contributed by atoms with Crippen LogP contribution in [0.4, 0.5) is 0 Å². The highest BCUT2D eigenvalue weighted by Gasteiger charge is 2.44. The van der Waals surface area contributed by atoms with Crippen LogP contribution in [0, 0.1) is 0 Å². The first kappa shape index (κ1) is 18.9.